The highest BCUT2D eigenvalue weighted by atomic mass is 15.1. The molecule has 1 atom stereocenters. The van der Waals surface area contributed by atoms with Gasteiger partial charge in [-0.3, -0.25) is 0 Å². The van der Waals surface area contributed by atoms with Crippen LogP contribution in [-0.2, 0) is 5.41 Å². The second kappa shape index (κ2) is 7.42. The molecule has 118 valence electrons. The fraction of sp³-hybridized carbons (Fsp3) is 0.684. The van der Waals surface area contributed by atoms with Crippen molar-refractivity contribution in [2.24, 2.45) is 0 Å². The van der Waals surface area contributed by atoms with E-state index in [1.165, 1.54) is 50.0 Å². The quantitative estimate of drug-likeness (QED) is 0.792. The predicted molar refractivity (Wildman–Crippen MR) is 91.9 cm³/mol. The monoisotopic (exact) mass is 288 g/mol. The van der Waals surface area contributed by atoms with Gasteiger partial charge in [0, 0.05) is 6.04 Å². The molecule has 2 rings (SSSR count). The fourth-order valence-corrected chi connectivity index (χ4v) is 3.02. The van der Waals surface area contributed by atoms with E-state index >= 15 is 0 Å². The minimum absolute atomic E-state index is 0.241. The number of nitrogens with zero attached hydrogens (tertiary/aromatic N) is 1. The van der Waals surface area contributed by atoms with Crippen molar-refractivity contribution in [2.75, 3.05) is 26.2 Å². The highest BCUT2D eigenvalue weighted by molar-refractivity contribution is 5.28. The van der Waals surface area contributed by atoms with Crippen molar-refractivity contribution in [3.05, 3.63) is 35.4 Å². The largest absolute Gasteiger partial charge is 0.310 e. The maximum absolute atomic E-state index is 3.65. The summed E-state index contributed by atoms with van der Waals surface area (Å²) in [6.45, 7) is 14.0. The van der Waals surface area contributed by atoms with Crippen molar-refractivity contribution in [1.82, 2.24) is 10.2 Å². The molecule has 0 radical (unpaired) electrons. The number of benzene rings is 1. The molecular formula is C19H32N2. The van der Waals surface area contributed by atoms with Gasteiger partial charge in [0.2, 0.25) is 0 Å². The normalized spacial score (nSPS) is 18.1. The van der Waals surface area contributed by atoms with E-state index in [1.807, 2.05) is 0 Å². The highest BCUT2D eigenvalue weighted by Gasteiger charge is 2.14. The summed E-state index contributed by atoms with van der Waals surface area (Å²) in [5.74, 6) is 0. The van der Waals surface area contributed by atoms with Crippen molar-refractivity contribution >= 4 is 0 Å². The molecular weight excluding hydrogens is 256 g/mol. The standard InChI is InChI=1S/C19H32N2/c1-16(20-12-7-15-21-13-5-6-14-21)17-8-10-18(11-9-17)19(2,3)4/h8-11,16,20H,5-7,12-15H2,1-4H3. The van der Waals surface area contributed by atoms with E-state index in [9.17, 15) is 0 Å². The molecule has 1 aromatic carbocycles. The zero-order chi connectivity index (χ0) is 15.3. The zero-order valence-electron chi connectivity index (χ0n) is 14.3. The average Bonchev–Trinajstić information content (AvgIpc) is 2.96. The van der Waals surface area contributed by atoms with Crippen molar-refractivity contribution in [3.8, 4) is 0 Å². The van der Waals surface area contributed by atoms with E-state index < -0.39 is 0 Å². The van der Waals surface area contributed by atoms with E-state index in [1.54, 1.807) is 0 Å². The third-order valence-electron chi connectivity index (χ3n) is 4.58. The predicted octanol–water partition coefficient (Wildman–Crippen LogP) is 4.12. The second-order valence-corrected chi connectivity index (χ2v) is 7.45. The summed E-state index contributed by atoms with van der Waals surface area (Å²) in [6.07, 6.45) is 4.04. The minimum Gasteiger partial charge on any atom is -0.310 e. The Morgan fingerprint density at radius 3 is 2.29 bits per heavy atom. The summed E-state index contributed by atoms with van der Waals surface area (Å²) in [6, 6.07) is 9.55. The van der Waals surface area contributed by atoms with Crippen LogP contribution >= 0.6 is 0 Å². The molecule has 1 N–H and O–H groups in total. The number of rotatable bonds is 6. The lowest BCUT2D eigenvalue weighted by molar-refractivity contribution is 0.328. The lowest BCUT2D eigenvalue weighted by Crippen LogP contribution is -2.26. The summed E-state index contributed by atoms with van der Waals surface area (Å²) in [7, 11) is 0. The van der Waals surface area contributed by atoms with Gasteiger partial charge in [0.05, 0.1) is 0 Å². The van der Waals surface area contributed by atoms with E-state index in [-0.39, 0.29) is 5.41 Å². The van der Waals surface area contributed by atoms with Gasteiger partial charge in [-0.2, -0.15) is 0 Å². The van der Waals surface area contributed by atoms with E-state index in [4.69, 9.17) is 0 Å². The third-order valence-corrected chi connectivity index (χ3v) is 4.58. The van der Waals surface area contributed by atoms with Gasteiger partial charge in [-0.25, -0.2) is 0 Å². The first kappa shape index (κ1) is 16.5. The summed E-state index contributed by atoms with van der Waals surface area (Å²) in [5, 5.41) is 3.65. The molecule has 1 aliphatic heterocycles. The molecule has 1 heterocycles. The van der Waals surface area contributed by atoms with Crippen LogP contribution in [0.2, 0.25) is 0 Å². The van der Waals surface area contributed by atoms with Crippen molar-refractivity contribution in [2.45, 2.75) is 58.4 Å². The van der Waals surface area contributed by atoms with Crippen LogP contribution in [0, 0.1) is 0 Å². The maximum atomic E-state index is 3.65. The Bertz CT molecular complexity index is 410. The Kier molecular flexibility index (Phi) is 5.83. The average molecular weight is 288 g/mol. The molecule has 2 heteroatoms. The number of hydrogen-bond donors (Lipinski definition) is 1. The molecule has 1 aliphatic rings. The van der Waals surface area contributed by atoms with Crippen LogP contribution in [0.5, 0.6) is 0 Å². The van der Waals surface area contributed by atoms with E-state index in [2.05, 4.69) is 62.2 Å². The van der Waals surface area contributed by atoms with Gasteiger partial charge in [0.25, 0.3) is 0 Å². The van der Waals surface area contributed by atoms with Crippen LogP contribution in [0.25, 0.3) is 0 Å². The third kappa shape index (κ3) is 5.12. The van der Waals surface area contributed by atoms with Crippen LogP contribution in [0.1, 0.15) is 64.1 Å². The molecule has 0 amide bonds. The van der Waals surface area contributed by atoms with E-state index in [0.29, 0.717) is 6.04 Å². The molecule has 0 aromatic heterocycles. The minimum atomic E-state index is 0.241. The van der Waals surface area contributed by atoms with Crippen LogP contribution in [0.3, 0.4) is 0 Å². The van der Waals surface area contributed by atoms with Gasteiger partial charge in [-0.05, 0) is 68.9 Å². The molecule has 21 heavy (non-hydrogen) atoms. The lowest BCUT2D eigenvalue weighted by Gasteiger charge is -2.21. The Labute approximate surface area is 130 Å². The van der Waals surface area contributed by atoms with Crippen molar-refractivity contribution < 1.29 is 0 Å². The Morgan fingerprint density at radius 1 is 1.10 bits per heavy atom. The van der Waals surface area contributed by atoms with Gasteiger partial charge in [0.1, 0.15) is 0 Å². The number of nitrogens with one attached hydrogen (secondary N) is 1. The first-order valence-electron chi connectivity index (χ1n) is 8.53. The Hall–Kier alpha value is -0.860. The molecule has 1 saturated heterocycles. The number of hydrogen-bond acceptors (Lipinski definition) is 2. The summed E-state index contributed by atoms with van der Waals surface area (Å²) in [4.78, 5) is 2.59. The van der Waals surface area contributed by atoms with Gasteiger partial charge in [-0.1, -0.05) is 45.0 Å². The van der Waals surface area contributed by atoms with E-state index in [0.717, 1.165) is 6.54 Å². The first-order chi connectivity index (χ1) is 9.97. The maximum Gasteiger partial charge on any atom is 0.0291 e. The summed E-state index contributed by atoms with van der Waals surface area (Å²) in [5.41, 5.74) is 3.04. The fourth-order valence-electron chi connectivity index (χ4n) is 3.02. The van der Waals surface area contributed by atoms with Crippen molar-refractivity contribution in [1.29, 1.82) is 0 Å². The second-order valence-electron chi connectivity index (χ2n) is 7.45. The molecule has 1 unspecified atom stereocenters. The smallest absolute Gasteiger partial charge is 0.0291 e. The molecule has 1 fully saturated rings. The highest BCUT2D eigenvalue weighted by Crippen LogP contribution is 2.23. The number of likely N-dealkylation sites (tertiary alicyclic amines) is 1. The van der Waals surface area contributed by atoms with Crippen molar-refractivity contribution in [3.63, 3.8) is 0 Å². The summed E-state index contributed by atoms with van der Waals surface area (Å²) >= 11 is 0. The first-order valence-corrected chi connectivity index (χ1v) is 8.53. The zero-order valence-corrected chi connectivity index (χ0v) is 14.3. The lowest BCUT2D eigenvalue weighted by atomic mass is 9.86. The van der Waals surface area contributed by atoms with Gasteiger partial charge < -0.3 is 10.2 Å². The van der Waals surface area contributed by atoms with Gasteiger partial charge in [0.15, 0.2) is 0 Å². The molecule has 0 aliphatic carbocycles. The van der Waals surface area contributed by atoms with Crippen LogP contribution < -0.4 is 5.32 Å². The van der Waals surface area contributed by atoms with Crippen LogP contribution in [0.4, 0.5) is 0 Å². The van der Waals surface area contributed by atoms with Gasteiger partial charge >= 0.3 is 0 Å². The molecule has 0 saturated carbocycles. The molecule has 0 spiro atoms. The SMILES string of the molecule is CC(NCCCN1CCCC1)c1ccc(C(C)(C)C)cc1. The van der Waals surface area contributed by atoms with Crippen LogP contribution in [0.15, 0.2) is 24.3 Å². The Balaban J connectivity index is 1.73. The Morgan fingerprint density at radius 2 is 1.71 bits per heavy atom. The topological polar surface area (TPSA) is 15.3 Å². The van der Waals surface area contributed by atoms with Crippen LogP contribution in [-0.4, -0.2) is 31.1 Å². The molecule has 2 nitrogen and oxygen atoms in total. The summed E-state index contributed by atoms with van der Waals surface area (Å²) < 4.78 is 0. The molecule has 0 bridgehead atoms. The molecule has 1 aromatic rings. The van der Waals surface area contributed by atoms with Gasteiger partial charge in [-0.15, -0.1) is 0 Å².